The summed E-state index contributed by atoms with van der Waals surface area (Å²) in [5.41, 5.74) is 4.78. The molecule has 1 aliphatic carbocycles. The first-order chi connectivity index (χ1) is 16.3. The Bertz CT molecular complexity index is 1270. The van der Waals surface area contributed by atoms with Crippen molar-refractivity contribution >= 4 is 35.7 Å². The van der Waals surface area contributed by atoms with Gasteiger partial charge in [0.2, 0.25) is 0 Å². The number of rotatable bonds is 7. The van der Waals surface area contributed by atoms with Gasteiger partial charge in [-0.1, -0.05) is 6.07 Å². The van der Waals surface area contributed by atoms with E-state index < -0.39 is 7.12 Å². The monoisotopic (exact) mass is 463 g/mol. The van der Waals surface area contributed by atoms with E-state index in [0.717, 1.165) is 22.3 Å². The lowest BCUT2D eigenvalue weighted by atomic mass is 9.78. The highest BCUT2D eigenvalue weighted by molar-refractivity contribution is 6.61. The van der Waals surface area contributed by atoms with Crippen LogP contribution in [0.4, 0.5) is 4.39 Å². The quantitative estimate of drug-likeness (QED) is 0.466. The summed E-state index contributed by atoms with van der Waals surface area (Å²) in [6.45, 7) is 2.08. The van der Waals surface area contributed by atoms with Crippen LogP contribution in [0, 0.1) is 5.82 Å². The lowest BCUT2D eigenvalue weighted by molar-refractivity contribution is 0.0931. The SMILES string of the molecule is COc1cc(C=C2C(C)=C(CNC(=O)c3ccco3)c3cc(F)ccc32)cc(OC)c1B(O)O. The number of halogens is 1. The fraction of sp³-hybridized carbons (Fsp3) is 0.160. The van der Waals surface area contributed by atoms with Crippen LogP contribution >= 0.6 is 0 Å². The van der Waals surface area contributed by atoms with Gasteiger partial charge in [0, 0.05) is 6.54 Å². The smallest absolute Gasteiger partial charge is 0.496 e. The second-order valence-electron chi connectivity index (χ2n) is 7.72. The number of ether oxygens (including phenoxy) is 2. The van der Waals surface area contributed by atoms with Gasteiger partial charge >= 0.3 is 7.12 Å². The molecule has 0 saturated heterocycles. The number of methoxy groups -OCH3 is 2. The van der Waals surface area contributed by atoms with Gasteiger partial charge < -0.3 is 29.3 Å². The third-order valence-electron chi connectivity index (χ3n) is 5.76. The molecule has 3 N–H and O–H groups in total. The highest BCUT2D eigenvalue weighted by atomic mass is 19.1. The van der Waals surface area contributed by atoms with Gasteiger partial charge in [0.1, 0.15) is 17.3 Å². The van der Waals surface area contributed by atoms with Gasteiger partial charge in [0.05, 0.1) is 25.9 Å². The molecule has 3 aromatic rings. The van der Waals surface area contributed by atoms with E-state index in [0.29, 0.717) is 11.1 Å². The Morgan fingerprint density at radius 1 is 1.12 bits per heavy atom. The van der Waals surface area contributed by atoms with E-state index in [1.807, 2.05) is 13.0 Å². The summed E-state index contributed by atoms with van der Waals surface area (Å²) in [7, 11) is 1.08. The first-order valence-corrected chi connectivity index (χ1v) is 10.5. The van der Waals surface area contributed by atoms with Crippen LogP contribution in [0.1, 0.15) is 34.2 Å². The Morgan fingerprint density at radius 2 is 1.82 bits per heavy atom. The number of carbonyl (C=O) groups is 1. The van der Waals surface area contributed by atoms with Crippen molar-refractivity contribution in [2.24, 2.45) is 0 Å². The average Bonchev–Trinajstić information content (AvgIpc) is 3.44. The van der Waals surface area contributed by atoms with Crippen molar-refractivity contribution in [2.75, 3.05) is 20.8 Å². The molecule has 7 nitrogen and oxygen atoms in total. The number of carbonyl (C=O) groups excluding carboxylic acids is 1. The standard InChI is InChI=1S/C25H23BFNO6/c1-14-18(9-15-10-22(32-2)24(26(30)31)23(11-15)33-3)17-7-6-16(27)12-19(17)20(14)13-28-25(29)21-5-4-8-34-21/h4-12,30-31H,13H2,1-3H3,(H,28,29). The van der Waals surface area contributed by atoms with E-state index in [1.54, 1.807) is 30.3 Å². The number of hydrogen-bond acceptors (Lipinski definition) is 6. The minimum absolute atomic E-state index is 0.120. The summed E-state index contributed by atoms with van der Waals surface area (Å²) >= 11 is 0. The molecule has 4 rings (SSSR count). The van der Waals surface area contributed by atoms with Crippen LogP contribution in [0.15, 0.2) is 58.7 Å². The van der Waals surface area contributed by atoms with Crippen molar-refractivity contribution < 1.29 is 33.1 Å². The molecule has 174 valence electrons. The third-order valence-corrected chi connectivity index (χ3v) is 5.76. The second kappa shape index (κ2) is 9.58. The van der Waals surface area contributed by atoms with Crippen molar-refractivity contribution in [3.8, 4) is 11.5 Å². The minimum atomic E-state index is -1.77. The summed E-state index contributed by atoms with van der Waals surface area (Å²) in [6.07, 6.45) is 3.30. The van der Waals surface area contributed by atoms with Crippen molar-refractivity contribution in [2.45, 2.75) is 6.92 Å². The van der Waals surface area contributed by atoms with Crippen molar-refractivity contribution in [1.82, 2.24) is 5.32 Å². The zero-order valence-corrected chi connectivity index (χ0v) is 18.9. The molecule has 0 fully saturated rings. The third kappa shape index (κ3) is 4.35. The maximum Gasteiger partial charge on any atom is 0.496 e. The number of fused-ring (bicyclic) bond motifs is 1. The molecule has 34 heavy (non-hydrogen) atoms. The maximum absolute atomic E-state index is 14.1. The topological polar surface area (TPSA) is 101 Å². The molecular weight excluding hydrogens is 440 g/mol. The van der Waals surface area contributed by atoms with Crippen LogP contribution in [0.25, 0.3) is 17.2 Å². The summed E-state index contributed by atoms with van der Waals surface area (Å²) < 4.78 is 29.9. The van der Waals surface area contributed by atoms with Crippen molar-refractivity contribution in [3.05, 3.63) is 82.6 Å². The molecule has 0 radical (unpaired) electrons. The number of amides is 1. The number of hydrogen-bond donors (Lipinski definition) is 3. The van der Waals surface area contributed by atoms with Gasteiger partial charge in [-0.3, -0.25) is 4.79 Å². The Hall–Kier alpha value is -3.82. The Morgan fingerprint density at radius 3 is 2.41 bits per heavy atom. The summed E-state index contributed by atoms with van der Waals surface area (Å²) in [4.78, 5) is 12.4. The number of furan rings is 1. The van der Waals surface area contributed by atoms with Crippen LogP contribution in [-0.4, -0.2) is 43.8 Å². The predicted octanol–water partition coefficient (Wildman–Crippen LogP) is 2.87. The number of nitrogens with one attached hydrogen (secondary N) is 1. The zero-order chi connectivity index (χ0) is 24.4. The normalized spacial score (nSPS) is 13.8. The van der Waals surface area contributed by atoms with Crippen LogP contribution in [0.2, 0.25) is 0 Å². The fourth-order valence-corrected chi connectivity index (χ4v) is 4.11. The molecule has 1 amide bonds. The second-order valence-corrected chi connectivity index (χ2v) is 7.72. The van der Waals surface area contributed by atoms with Crippen LogP contribution < -0.4 is 20.3 Å². The number of allylic oxidation sites excluding steroid dienone is 2. The molecular formula is C25H23BFNO6. The van der Waals surface area contributed by atoms with E-state index in [4.69, 9.17) is 13.9 Å². The Labute approximate surface area is 196 Å². The molecule has 1 aromatic heterocycles. The van der Waals surface area contributed by atoms with E-state index in [1.165, 1.54) is 32.6 Å². The highest BCUT2D eigenvalue weighted by Gasteiger charge is 2.27. The fourth-order valence-electron chi connectivity index (χ4n) is 4.11. The largest absolute Gasteiger partial charge is 0.497 e. The van der Waals surface area contributed by atoms with Gasteiger partial charge in [-0.25, -0.2) is 4.39 Å². The van der Waals surface area contributed by atoms with E-state index in [-0.39, 0.29) is 41.0 Å². The molecule has 0 saturated carbocycles. The van der Waals surface area contributed by atoms with E-state index in [2.05, 4.69) is 5.32 Å². The lowest BCUT2D eigenvalue weighted by Crippen LogP contribution is -2.32. The van der Waals surface area contributed by atoms with Crippen molar-refractivity contribution in [3.63, 3.8) is 0 Å². The first-order valence-electron chi connectivity index (χ1n) is 10.5. The maximum atomic E-state index is 14.1. The van der Waals surface area contributed by atoms with E-state index in [9.17, 15) is 19.2 Å². The molecule has 0 aliphatic heterocycles. The van der Waals surface area contributed by atoms with Gasteiger partial charge in [0.25, 0.3) is 5.91 Å². The van der Waals surface area contributed by atoms with E-state index >= 15 is 0 Å². The predicted molar refractivity (Wildman–Crippen MR) is 127 cm³/mol. The van der Waals surface area contributed by atoms with Gasteiger partial charge in [-0.05, 0) is 82.8 Å². The summed E-state index contributed by atoms with van der Waals surface area (Å²) in [5.74, 6) is -0.0467. The van der Waals surface area contributed by atoms with Gasteiger partial charge in [-0.15, -0.1) is 0 Å². The molecule has 1 heterocycles. The van der Waals surface area contributed by atoms with Crippen LogP contribution in [0.3, 0.4) is 0 Å². The average molecular weight is 463 g/mol. The highest BCUT2D eigenvalue weighted by Crippen LogP contribution is 2.42. The number of benzene rings is 2. The van der Waals surface area contributed by atoms with Gasteiger partial charge in [0.15, 0.2) is 5.76 Å². The zero-order valence-electron chi connectivity index (χ0n) is 18.9. The Kier molecular flexibility index (Phi) is 6.58. The first kappa shape index (κ1) is 23.3. The molecule has 2 aromatic carbocycles. The summed E-state index contributed by atoms with van der Waals surface area (Å²) in [5, 5.41) is 22.3. The van der Waals surface area contributed by atoms with Crippen molar-refractivity contribution in [1.29, 1.82) is 0 Å². The Balaban J connectivity index is 1.76. The molecule has 1 aliphatic rings. The lowest BCUT2D eigenvalue weighted by Gasteiger charge is -2.14. The summed E-state index contributed by atoms with van der Waals surface area (Å²) in [6, 6.07) is 11.1. The molecule has 0 atom stereocenters. The molecule has 0 bridgehead atoms. The van der Waals surface area contributed by atoms with Crippen LogP contribution in [0.5, 0.6) is 11.5 Å². The molecule has 0 unspecified atom stereocenters. The minimum Gasteiger partial charge on any atom is -0.497 e. The van der Waals surface area contributed by atoms with Crippen LogP contribution in [-0.2, 0) is 0 Å². The molecule has 0 spiro atoms. The molecule has 9 heteroatoms. The van der Waals surface area contributed by atoms with Gasteiger partial charge in [-0.2, -0.15) is 0 Å².